The summed E-state index contributed by atoms with van der Waals surface area (Å²) in [5.41, 5.74) is 5.37. The van der Waals surface area contributed by atoms with Crippen molar-refractivity contribution in [3.8, 4) is 45.4 Å². The van der Waals surface area contributed by atoms with Gasteiger partial charge in [0.25, 0.3) is 5.69 Å². The van der Waals surface area contributed by atoms with E-state index >= 15 is 0 Å². The second-order valence-electron chi connectivity index (χ2n) is 16.3. The van der Waals surface area contributed by atoms with E-state index in [1.165, 1.54) is 32.4 Å². The van der Waals surface area contributed by atoms with E-state index in [2.05, 4.69) is 44.7 Å². The normalized spacial score (nSPS) is 12.5. The maximum absolute atomic E-state index is 14.6. The number of carbonyl (C=O) groups is 1. The molecule has 0 unspecified atom stereocenters. The Hall–Kier alpha value is -6.47. The van der Waals surface area contributed by atoms with Crippen LogP contribution in [0, 0.1) is 15.5 Å². The van der Waals surface area contributed by atoms with Crippen molar-refractivity contribution in [3.05, 3.63) is 124 Å². The molecule has 0 saturated heterocycles. The minimum absolute atomic E-state index is 0.0764. The zero-order valence-corrected chi connectivity index (χ0v) is 34.3. The fourth-order valence-electron chi connectivity index (χ4n) is 7.92. The Morgan fingerprint density at radius 2 is 1.38 bits per heavy atom. The van der Waals surface area contributed by atoms with Crippen molar-refractivity contribution in [2.45, 2.75) is 46.5 Å². The quantitative estimate of drug-likeness (QED) is 0.0899. The van der Waals surface area contributed by atoms with Gasteiger partial charge in [0.15, 0.2) is 23.0 Å². The average Bonchev–Trinajstić information content (AvgIpc) is 3.16. The summed E-state index contributed by atoms with van der Waals surface area (Å²) in [4.78, 5) is 30.7. The van der Waals surface area contributed by atoms with Gasteiger partial charge in [-0.25, -0.2) is 13.4 Å². The van der Waals surface area contributed by atoms with Gasteiger partial charge in [0.05, 0.1) is 48.0 Å². The largest absolute Gasteiger partial charge is 0.493 e. The molecule has 0 aliphatic heterocycles. The zero-order valence-electron chi connectivity index (χ0n) is 33.5. The molecule has 0 amide bonds. The molecule has 1 aliphatic rings. The van der Waals surface area contributed by atoms with Crippen molar-refractivity contribution in [2.75, 3.05) is 30.5 Å². The number of ether oxygens (including phenoxy) is 3. The van der Waals surface area contributed by atoms with Crippen molar-refractivity contribution in [2.24, 2.45) is 5.41 Å². The number of anilines is 3. The number of non-ortho nitro benzene ring substituents is 1. The van der Waals surface area contributed by atoms with Crippen LogP contribution in [0.4, 0.5) is 22.7 Å². The number of benzene rings is 5. The fourth-order valence-corrected chi connectivity index (χ4v) is 8.49. The molecule has 2 N–H and O–H groups in total. The standard InChI is InChI=1S/C45H44N4O8S/c1-44(2,3)25-45(4,5)26-13-19-29(20-14-26)57-39-24-36(46-27-15-17-28(18-16-27)49(51)52)41-40-32(30-11-9-10-12-31(30)43(41)50)21-34(47-42(39)40)33-22-37(55-6)38(56-7)23-35(33)48-58(8,53)54/h9-24,46,48H,25H2,1-8H3. The van der Waals surface area contributed by atoms with Gasteiger partial charge < -0.3 is 19.5 Å². The van der Waals surface area contributed by atoms with Gasteiger partial charge in [0.1, 0.15) is 11.3 Å². The molecule has 5 aromatic carbocycles. The Morgan fingerprint density at radius 1 is 0.759 bits per heavy atom. The SMILES string of the molecule is COc1cc(NS(C)(=O)=O)c(-c2cc3c4c(c(Nc5ccc([N+](=O)[O-])cc5)cc(Oc5ccc(C(C)(C)CC(C)(C)C)cc5)c4n2)C(=O)c2ccccc2-3)cc1OC. The summed E-state index contributed by atoms with van der Waals surface area (Å²) in [5.74, 6) is 1.22. The van der Waals surface area contributed by atoms with Crippen LogP contribution >= 0.6 is 0 Å². The minimum Gasteiger partial charge on any atom is -0.493 e. The third kappa shape index (κ3) is 7.90. The van der Waals surface area contributed by atoms with E-state index in [1.807, 2.05) is 42.5 Å². The van der Waals surface area contributed by atoms with E-state index in [9.17, 15) is 23.3 Å². The van der Waals surface area contributed by atoms with E-state index in [0.29, 0.717) is 78.8 Å². The molecule has 0 spiro atoms. The van der Waals surface area contributed by atoms with Crippen molar-refractivity contribution >= 4 is 49.5 Å². The molecule has 1 aliphatic carbocycles. The van der Waals surface area contributed by atoms with Gasteiger partial charge in [-0.05, 0) is 70.3 Å². The Kier molecular flexibility index (Phi) is 10.1. The van der Waals surface area contributed by atoms with Crippen LogP contribution in [0.15, 0.2) is 97.1 Å². The maximum atomic E-state index is 14.6. The number of pyridine rings is 1. The van der Waals surface area contributed by atoms with Crippen LogP contribution in [0.5, 0.6) is 23.0 Å². The average molecular weight is 801 g/mol. The van der Waals surface area contributed by atoms with Crippen molar-refractivity contribution < 1.29 is 32.3 Å². The fraction of sp³-hybridized carbons (Fsp3) is 0.244. The highest BCUT2D eigenvalue weighted by atomic mass is 32.2. The first-order chi connectivity index (χ1) is 27.4. The number of nitrogens with one attached hydrogen (secondary N) is 2. The molecular weight excluding hydrogens is 757 g/mol. The molecule has 0 radical (unpaired) electrons. The minimum atomic E-state index is -3.77. The molecule has 0 saturated carbocycles. The van der Waals surface area contributed by atoms with Crippen LogP contribution in [-0.4, -0.2) is 44.6 Å². The van der Waals surface area contributed by atoms with E-state index in [4.69, 9.17) is 19.2 Å². The van der Waals surface area contributed by atoms with Crippen LogP contribution in [0.3, 0.4) is 0 Å². The molecule has 1 aromatic heterocycles. The van der Waals surface area contributed by atoms with Crippen molar-refractivity contribution in [3.63, 3.8) is 0 Å². The third-order valence-electron chi connectivity index (χ3n) is 10.0. The molecule has 298 valence electrons. The molecule has 0 fully saturated rings. The second-order valence-corrected chi connectivity index (χ2v) is 18.0. The van der Waals surface area contributed by atoms with Crippen LogP contribution in [0.25, 0.3) is 33.3 Å². The Balaban J connectivity index is 1.50. The third-order valence-corrected chi connectivity index (χ3v) is 10.6. The Morgan fingerprint density at radius 3 is 1.98 bits per heavy atom. The van der Waals surface area contributed by atoms with Gasteiger partial charge in [-0.1, -0.05) is 71.0 Å². The molecule has 7 rings (SSSR count). The first-order valence-corrected chi connectivity index (χ1v) is 20.4. The van der Waals surface area contributed by atoms with Crippen LogP contribution in [0.1, 0.15) is 62.5 Å². The number of carbonyl (C=O) groups excluding carboxylic acids is 1. The van der Waals surface area contributed by atoms with Crippen LogP contribution in [-0.2, 0) is 15.4 Å². The summed E-state index contributed by atoms with van der Waals surface area (Å²) in [5, 5.41) is 15.3. The van der Waals surface area contributed by atoms with Gasteiger partial charge in [-0.15, -0.1) is 0 Å². The molecule has 12 nitrogen and oxygen atoms in total. The smallest absolute Gasteiger partial charge is 0.269 e. The lowest BCUT2D eigenvalue weighted by atomic mass is 9.72. The number of nitro groups is 1. The predicted molar refractivity (Wildman–Crippen MR) is 228 cm³/mol. The monoisotopic (exact) mass is 800 g/mol. The Labute approximate surface area is 337 Å². The van der Waals surface area contributed by atoms with Gasteiger partial charge >= 0.3 is 0 Å². The molecular formula is C45H44N4O8S. The van der Waals surface area contributed by atoms with Crippen molar-refractivity contribution in [1.29, 1.82) is 0 Å². The van der Waals surface area contributed by atoms with E-state index in [1.54, 1.807) is 36.4 Å². The van der Waals surface area contributed by atoms with Crippen LogP contribution < -0.4 is 24.2 Å². The highest BCUT2D eigenvalue weighted by Crippen LogP contribution is 2.49. The number of fused-ring (bicyclic) bond motifs is 2. The molecule has 58 heavy (non-hydrogen) atoms. The number of sulfonamides is 1. The number of nitro benzene ring substituents is 1. The summed E-state index contributed by atoms with van der Waals surface area (Å²) >= 11 is 0. The number of hydrogen-bond acceptors (Lipinski definition) is 10. The Bertz CT molecular complexity index is 2720. The summed E-state index contributed by atoms with van der Waals surface area (Å²) < 4.78 is 45.8. The first kappa shape index (κ1) is 39.8. The number of rotatable bonds is 12. The number of aromatic nitrogens is 1. The summed E-state index contributed by atoms with van der Waals surface area (Å²) in [7, 11) is -0.825. The lowest BCUT2D eigenvalue weighted by molar-refractivity contribution is -0.384. The zero-order chi connectivity index (χ0) is 41.7. The molecule has 0 atom stereocenters. The lowest BCUT2D eigenvalue weighted by Gasteiger charge is -2.33. The van der Waals surface area contributed by atoms with E-state index < -0.39 is 14.9 Å². The van der Waals surface area contributed by atoms with E-state index in [0.717, 1.165) is 18.2 Å². The predicted octanol–water partition coefficient (Wildman–Crippen LogP) is 10.7. The first-order valence-electron chi connectivity index (χ1n) is 18.6. The highest BCUT2D eigenvalue weighted by molar-refractivity contribution is 7.92. The van der Waals surface area contributed by atoms with E-state index in [-0.39, 0.29) is 28.0 Å². The molecule has 13 heteroatoms. The number of methoxy groups -OCH3 is 2. The second kappa shape index (κ2) is 14.8. The number of hydrogen-bond donors (Lipinski definition) is 2. The number of nitrogens with zero attached hydrogens (tertiary/aromatic N) is 2. The maximum Gasteiger partial charge on any atom is 0.269 e. The van der Waals surface area contributed by atoms with Gasteiger partial charge in [-0.2, -0.15) is 0 Å². The highest BCUT2D eigenvalue weighted by Gasteiger charge is 2.32. The lowest BCUT2D eigenvalue weighted by Crippen LogP contribution is -2.24. The molecule has 6 aromatic rings. The van der Waals surface area contributed by atoms with Gasteiger partial charge in [0.2, 0.25) is 10.0 Å². The summed E-state index contributed by atoms with van der Waals surface area (Å²) in [6, 6.07) is 27.8. The number of ketones is 1. The summed E-state index contributed by atoms with van der Waals surface area (Å²) in [6.45, 7) is 11.1. The van der Waals surface area contributed by atoms with Crippen molar-refractivity contribution in [1.82, 2.24) is 4.98 Å². The molecule has 0 bridgehead atoms. The van der Waals surface area contributed by atoms with Crippen LogP contribution in [0.2, 0.25) is 0 Å². The topological polar surface area (TPSA) is 159 Å². The van der Waals surface area contributed by atoms with Gasteiger partial charge in [-0.3, -0.25) is 19.6 Å². The summed E-state index contributed by atoms with van der Waals surface area (Å²) in [6.07, 6.45) is 2.02. The molecule has 1 heterocycles. The van der Waals surface area contributed by atoms with Gasteiger partial charge in [0, 0.05) is 46.5 Å².